The van der Waals surface area contributed by atoms with Crippen molar-refractivity contribution in [2.45, 2.75) is 65.5 Å². The zero-order valence-corrected chi connectivity index (χ0v) is 14.7. The molecule has 124 valence electrons. The number of esters is 1. The van der Waals surface area contributed by atoms with Gasteiger partial charge in [-0.15, -0.1) is 0 Å². The van der Waals surface area contributed by atoms with Crippen molar-refractivity contribution in [2.75, 3.05) is 26.7 Å². The highest BCUT2D eigenvalue weighted by atomic mass is 16.5. The molecule has 0 spiro atoms. The Bertz CT molecular complexity index is 329. The van der Waals surface area contributed by atoms with Crippen LogP contribution in [0.5, 0.6) is 0 Å². The summed E-state index contributed by atoms with van der Waals surface area (Å²) in [5.74, 6) is 1.02. The molecule has 0 heterocycles. The standard InChI is InChI=1S/C17H34N2O2/c1-7-18-17(15-9-10-15,16(20)21-8-2)12-19(6)14(5)11-13(3)4/h13-15,18H,7-12H2,1-6H3. The first-order valence-electron chi connectivity index (χ1n) is 8.49. The molecule has 1 fully saturated rings. The second-order valence-electron chi connectivity index (χ2n) is 6.89. The fourth-order valence-corrected chi connectivity index (χ4v) is 3.20. The molecule has 1 rings (SSSR count). The van der Waals surface area contributed by atoms with Gasteiger partial charge in [0.2, 0.25) is 0 Å². The summed E-state index contributed by atoms with van der Waals surface area (Å²) in [4.78, 5) is 14.9. The summed E-state index contributed by atoms with van der Waals surface area (Å²) in [7, 11) is 2.13. The van der Waals surface area contributed by atoms with Crippen molar-refractivity contribution in [1.82, 2.24) is 10.2 Å². The Balaban J connectivity index is 2.83. The summed E-state index contributed by atoms with van der Waals surface area (Å²) in [5.41, 5.74) is -0.523. The molecular formula is C17H34N2O2. The smallest absolute Gasteiger partial charge is 0.327 e. The number of nitrogens with zero attached hydrogens (tertiary/aromatic N) is 1. The molecule has 0 radical (unpaired) electrons. The molecule has 0 aromatic carbocycles. The van der Waals surface area contributed by atoms with Crippen LogP contribution < -0.4 is 5.32 Å². The van der Waals surface area contributed by atoms with E-state index in [2.05, 4.69) is 45.0 Å². The zero-order valence-electron chi connectivity index (χ0n) is 14.7. The SMILES string of the molecule is CCNC(CN(C)C(C)CC(C)C)(C(=O)OCC)C1CC1. The lowest BCUT2D eigenvalue weighted by atomic mass is 9.91. The summed E-state index contributed by atoms with van der Waals surface area (Å²) in [6, 6.07) is 0.469. The van der Waals surface area contributed by atoms with Gasteiger partial charge in [0.05, 0.1) is 6.61 Å². The van der Waals surface area contributed by atoms with Crippen LogP contribution in [0.15, 0.2) is 0 Å². The van der Waals surface area contributed by atoms with E-state index in [0.29, 0.717) is 24.5 Å². The van der Waals surface area contributed by atoms with E-state index in [1.165, 1.54) is 0 Å². The number of hydrogen-bond acceptors (Lipinski definition) is 4. The maximum absolute atomic E-state index is 12.6. The summed E-state index contributed by atoms with van der Waals surface area (Å²) >= 11 is 0. The van der Waals surface area contributed by atoms with Crippen molar-refractivity contribution in [3.8, 4) is 0 Å². The van der Waals surface area contributed by atoms with Crippen LogP contribution in [0.4, 0.5) is 0 Å². The average molecular weight is 298 g/mol. The van der Waals surface area contributed by atoms with Gasteiger partial charge in [0.1, 0.15) is 5.54 Å². The van der Waals surface area contributed by atoms with Gasteiger partial charge in [-0.05, 0) is 58.5 Å². The average Bonchev–Trinajstić information content (AvgIpc) is 3.21. The monoisotopic (exact) mass is 298 g/mol. The predicted molar refractivity (Wildman–Crippen MR) is 87.3 cm³/mol. The molecule has 0 aromatic rings. The van der Waals surface area contributed by atoms with E-state index in [1.807, 2.05) is 6.92 Å². The molecule has 0 saturated heterocycles. The van der Waals surface area contributed by atoms with Gasteiger partial charge in [0, 0.05) is 12.6 Å². The number of hydrogen-bond donors (Lipinski definition) is 1. The van der Waals surface area contributed by atoms with Crippen molar-refractivity contribution >= 4 is 5.97 Å². The highest BCUT2D eigenvalue weighted by molar-refractivity contribution is 5.82. The third-order valence-corrected chi connectivity index (χ3v) is 4.47. The second-order valence-corrected chi connectivity index (χ2v) is 6.89. The van der Waals surface area contributed by atoms with Gasteiger partial charge in [0.25, 0.3) is 0 Å². The minimum absolute atomic E-state index is 0.0713. The van der Waals surface area contributed by atoms with Crippen LogP contribution in [0.1, 0.15) is 53.9 Å². The van der Waals surface area contributed by atoms with Crippen LogP contribution in [0.3, 0.4) is 0 Å². The van der Waals surface area contributed by atoms with Crippen LogP contribution in [0, 0.1) is 11.8 Å². The normalized spacial score (nSPS) is 19.6. The van der Waals surface area contributed by atoms with Crippen LogP contribution >= 0.6 is 0 Å². The van der Waals surface area contributed by atoms with Crippen molar-refractivity contribution in [3.63, 3.8) is 0 Å². The van der Waals surface area contributed by atoms with Crippen molar-refractivity contribution < 1.29 is 9.53 Å². The fraction of sp³-hybridized carbons (Fsp3) is 0.941. The van der Waals surface area contributed by atoms with Crippen molar-refractivity contribution in [2.24, 2.45) is 11.8 Å². The number of nitrogens with one attached hydrogen (secondary N) is 1. The fourth-order valence-electron chi connectivity index (χ4n) is 3.20. The minimum Gasteiger partial charge on any atom is -0.465 e. The first-order valence-corrected chi connectivity index (χ1v) is 8.49. The molecule has 2 unspecified atom stereocenters. The molecule has 4 heteroatoms. The molecule has 0 aromatic heterocycles. The molecule has 0 aliphatic heterocycles. The molecule has 1 N–H and O–H groups in total. The van der Waals surface area contributed by atoms with E-state index in [4.69, 9.17) is 4.74 Å². The molecule has 1 aliphatic carbocycles. The van der Waals surface area contributed by atoms with Crippen LogP contribution in [0.25, 0.3) is 0 Å². The molecule has 0 bridgehead atoms. The maximum Gasteiger partial charge on any atom is 0.327 e. The van der Waals surface area contributed by atoms with E-state index in [0.717, 1.165) is 32.4 Å². The number of carbonyl (C=O) groups is 1. The lowest BCUT2D eigenvalue weighted by Crippen LogP contribution is -2.61. The Hall–Kier alpha value is -0.610. The molecule has 4 nitrogen and oxygen atoms in total. The maximum atomic E-state index is 12.6. The number of rotatable bonds is 10. The third-order valence-electron chi connectivity index (χ3n) is 4.47. The highest BCUT2D eigenvalue weighted by Crippen LogP contribution is 2.41. The van der Waals surface area contributed by atoms with Gasteiger partial charge in [0.15, 0.2) is 0 Å². The summed E-state index contributed by atoms with van der Waals surface area (Å²) in [6.45, 7) is 12.7. The lowest BCUT2D eigenvalue weighted by Gasteiger charge is -2.38. The van der Waals surface area contributed by atoms with Gasteiger partial charge in [-0.1, -0.05) is 20.8 Å². The van der Waals surface area contributed by atoms with Gasteiger partial charge in [-0.25, -0.2) is 4.79 Å². The molecular weight excluding hydrogens is 264 g/mol. The summed E-state index contributed by atoms with van der Waals surface area (Å²) in [5, 5.41) is 3.47. The van der Waals surface area contributed by atoms with Gasteiger partial charge < -0.3 is 15.0 Å². The largest absolute Gasteiger partial charge is 0.465 e. The molecule has 21 heavy (non-hydrogen) atoms. The van der Waals surface area contributed by atoms with Gasteiger partial charge >= 0.3 is 5.97 Å². The summed E-state index contributed by atoms with van der Waals surface area (Å²) in [6.07, 6.45) is 3.39. The Morgan fingerprint density at radius 2 is 1.95 bits per heavy atom. The summed E-state index contributed by atoms with van der Waals surface area (Å²) < 4.78 is 5.39. The Morgan fingerprint density at radius 3 is 2.38 bits per heavy atom. The molecule has 0 amide bonds. The van der Waals surface area contributed by atoms with E-state index in [1.54, 1.807) is 0 Å². The Labute approximate surface area is 130 Å². The molecule has 1 saturated carbocycles. The Kier molecular flexibility index (Phi) is 7.14. The molecule has 1 aliphatic rings. The first-order chi connectivity index (χ1) is 9.87. The van der Waals surface area contributed by atoms with Crippen LogP contribution in [-0.4, -0.2) is 49.2 Å². The lowest BCUT2D eigenvalue weighted by molar-refractivity contribution is -0.153. The second kappa shape index (κ2) is 8.14. The van der Waals surface area contributed by atoms with Crippen molar-refractivity contribution in [3.05, 3.63) is 0 Å². The van der Waals surface area contributed by atoms with Crippen LogP contribution in [0.2, 0.25) is 0 Å². The first kappa shape index (κ1) is 18.4. The van der Waals surface area contributed by atoms with E-state index < -0.39 is 5.54 Å². The Morgan fingerprint density at radius 1 is 1.33 bits per heavy atom. The number of likely N-dealkylation sites (N-methyl/N-ethyl adjacent to an activating group) is 2. The van der Waals surface area contributed by atoms with Crippen LogP contribution in [-0.2, 0) is 9.53 Å². The zero-order chi connectivity index (χ0) is 16.0. The highest BCUT2D eigenvalue weighted by Gasteiger charge is 2.52. The minimum atomic E-state index is -0.523. The quantitative estimate of drug-likeness (QED) is 0.630. The predicted octanol–water partition coefficient (Wildman–Crippen LogP) is 2.67. The van der Waals surface area contributed by atoms with Gasteiger partial charge in [-0.3, -0.25) is 0 Å². The number of carbonyl (C=O) groups excluding carboxylic acids is 1. The van der Waals surface area contributed by atoms with Crippen molar-refractivity contribution in [1.29, 1.82) is 0 Å². The third kappa shape index (κ3) is 4.96. The number of ether oxygens (including phenoxy) is 1. The van der Waals surface area contributed by atoms with Gasteiger partial charge in [-0.2, -0.15) is 0 Å². The molecule has 2 atom stereocenters. The topological polar surface area (TPSA) is 41.6 Å². The van der Waals surface area contributed by atoms with E-state index in [9.17, 15) is 4.79 Å². The van der Waals surface area contributed by atoms with E-state index >= 15 is 0 Å². The van der Waals surface area contributed by atoms with E-state index in [-0.39, 0.29) is 5.97 Å².